The molecule has 2 amide bonds. The maximum atomic E-state index is 13.3. The van der Waals surface area contributed by atoms with Crippen LogP contribution < -0.4 is 10.6 Å². The molecule has 0 fully saturated rings. The van der Waals surface area contributed by atoms with Crippen LogP contribution in [0.5, 0.6) is 0 Å². The number of nitrogens with zero attached hydrogens (tertiary/aromatic N) is 3. The summed E-state index contributed by atoms with van der Waals surface area (Å²) in [5.41, 5.74) is 2.09. The van der Waals surface area contributed by atoms with Crippen molar-refractivity contribution in [3.63, 3.8) is 0 Å². The third-order valence-electron chi connectivity index (χ3n) is 5.97. The van der Waals surface area contributed by atoms with Crippen LogP contribution in [0.25, 0.3) is 22.5 Å². The van der Waals surface area contributed by atoms with E-state index in [0.717, 1.165) is 0 Å². The van der Waals surface area contributed by atoms with Crippen LogP contribution >= 0.6 is 0 Å². The lowest BCUT2D eigenvalue weighted by Crippen LogP contribution is -2.16. The molecular weight excluding hydrogens is 502 g/mol. The molecule has 2 aromatic heterocycles. The lowest BCUT2D eigenvalue weighted by molar-refractivity contribution is -0.383. The summed E-state index contributed by atoms with van der Waals surface area (Å²) in [4.78, 5) is 37.6. The highest BCUT2D eigenvalue weighted by molar-refractivity contribution is 6.11. The molecule has 0 aliphatic rings. The number of hydrogen-bond donors (Lipinski definition) is 2. The zero-order chi connectivity index (χ0) is 27.5. The number of amides is 2. The molecule has 194 valence electrons. The van der Waals surface area contributed by atoms with Gasteiger partial charge in [0.2, 0.25) is 0 Å². The lowest BCUT2D eigenvalue weighted by Gasteiger charge is -2.10. The highest BCUT2D eigenvalue weighted by Gasteiger charge is 2.26. The van der Waals surface area contributed by atoms with Crippen molar-refractivity contribution in [3.05, 3.63) is 112 Å². The number of nitro groups is 1. The Hall–Kier alpha value is -5.58. The number of hydrogen-bond acceptors (Lipinski definition) is 8. The van der Waals surface area contributed by atoms with Crippen molar-refractivity contribution < 1.29 is 23.6 Å². The number of carbonyl (C=O) groups is 2. The molecule has 0 saturated carbocycles. The number of rotatable bonds is 7. The number of anilines is 2. The van der Waals surface area contributed by atoms with Gasteiger partial charge in [-0.3, -0.25) is 19.7 Å². The molecule has 0 aliphatic carbocycles. The predicted molar refractivity (Wildman–Crippen MR) is 142 cm³/mol. The van der Waals surface area contributed by atoms with Gasteiger partial charge in [0, 0.05) is 22.9 Å². The Morgan fingerprint density at radius 2 is 1.23 bits per heavy atom. The van der Waals surface area contributed by atoms with Gasteiger partial charge in [0.05, 0.1) is 4.92 Å². The molecule has 5 aromatic rings. The van der Waals surface area contributed by atoms with Crippen LogP contribution in [0.2, 0.25) is 0 Å². The minimum absolute atomic E-state index is 0.118. The van der Waals surface area contributed by atoms with E-state index in [9.17, 15) is 19.7 Å². The minimum Gasteiger partial charge on any atom is -0.360 e. The first-order chi connectivity index (χ1) is 18.8. The first-order valence-electron chi connectivity index (χ1n) is 11.8. The SMILES string of the molecule is Cc1onc(-c2ccccc2)c1C(=O)Nc1ccc([N+](=O)[O-])c(NC(=O)c2c(-c3ccccc3)noc2C)c1. The second kappa shape index (κ2) is 10.4. The molecule has 3 aromatic carbocycles. The van der Waals surface area contributed by atoms with Gasteiger partial charge in [-0.15, -0.1) is 0 Å². The average Bonchev–Trinajstić information content (AvgIpc) is 3.52. The topological polar surface area (TPSA) is 153 Å². The van der Waals surface area contributed by atoms with Gasteiger partial charge in [-0.2, -0.15) is 0 Å². The van der Waals surface area contributed by atoms with Gasteiger partial charge in [-0.05, 0) is 26.0 Å². The standard InChI is InChI=1S/C28H21N5O6/c1-16-23(25(31-38-16)18-9-5-3-6-10-18)27(34)29-20-13-14-22(33(36)37)21(15-20)30-28(35)24-17(2)39-32-26(24)19-11-7-4-8-12-19/h3-15H,1-2H3,(H,29,34)(H,30,35). The molecule has 0 bridgehead atoms. The van der Waals surface area contributed by atoms with Gasteiger partial charge in [0.25, 0.3) is 17.5 Å². The molecule has 0 radical (unpaired) electrons. The number of nitrogens with one attached hydrogen (secondary N) is 2. The number of benzene rings is 3. The fraction of sp³-hybridized carbons (Fsp3) is 0.0714. The summed E-state index contributed by atoms with van der Waals surface area (Å²) in [7, 11) is 0. The minimum atomic E-state index is -0.652. The molecule has 11 heteroatoms. The molecule has 0 aliphatic heterocycles. The average molecular weight is 524 g/mol. The van der Waals surface area contributed by atoms with Crippen molar-refractivity contribution in [1.82, 2.24) is 10.3 Å². The number of aryl methyl sites for hydroxylation is 2. The number of carbonyl (C=O) groups excluding carboxylic acids is 2. The lowest BCUT2D eigenvalue weighted by atomic mass is 10.1. The third kappa shape index (κ3) is 5.01. The van der Waals surface area contributed by atoms with Crippen molar-refractivity contribution in [3.8, 4) is 22.5 Å². The van der Waals surface area contributed by atoms with Crippen LogP contribution in [-0.2, 0) is 0 Å². The van der Waals surface area contributed by atoms with E-state index in [1.165, 1.54) is 18.2 Å². The fourth-order valence-corrected chi connectivity index (χ4v) is 4.12. The van der Waals surface area contributed by atoms with E-state index in [0.29, 0.717) is 28.3 Å². The summed E-state index contributed by atoms with van der Waals surface area (Å²) >= 11 is 0. The molecule has 2 heterocycles. The van der Waals surface area contributed by atoms with Crippen molar-refractivity contribution in [1.29, 1.82) is 0 Å². The quantitative estimate of drug-likeness (QED) is 0.194. The van der Waals surface area contributed by atoms with Crippen molar-refractivity contribution in [2.24, 2.45) is 0 Å². The second-order valence-electron chi connectivity index (χ2n) is 8.55. The van der Waals surface area contributed by atoms with Crippen LogP contribution in [-0.4, -0.2) is 27.1 Å². The molecule has 0 saturated heterocycles. The molecule has 0 spiro atoms. The maximum absolute atomic E-state index is 13.3. The van der Waals surface area contributed by atoms with Crippen LogP contribution in [0.1, 0.15) is 32.2 Å². The van der Waals surface area contributed by atoms with Gasteiger partial charge in [-0.1, -0.05) is 71.0 Å². The monoisotopic (exact) mass is 523 g/mol. The van der Waals surface area contributed by atoms with E-state index in [1.807, 2.05) is 24.3 Å². The van der Waals surface area contributed by atoms with Crippen molar-refractivity contribution >= 4 is 28.9 Å². The van der Waals surface area contributed by atoms with Crippen LogP contribution in [0.3, 0.4) is 0 Å². The first-order valence-corrected chi connectivity index (χ1v) is 11.8. The van der Waals surface area contributed by atoms with Crippen molar-refractivity contribution in [2.45, 2.75) is 13.8 Å². The predicted octanol–water partition coefficient (Wildman–Crippen LogP) is 6.03. The van der Waals surface area contributed by atoms with E-state index in [-0.39, 0.29) is 33.9 Å². The normalized spacial score (nSPS) is 10.7. The van der Waals surface area contributed by atoms with E-state index in [1.54, 1.807) is 50.2 Å². The van der Waals surface area contributed by atoms with Crippen LogP contribution in [0.15, 0.2) is 87.9 Å². The van der Waals surface area contributed by atoms with E-state index < -0.39 is 16.7 Å². The molecular formula is C28H21N5O6. The van der Waals surface area contributed by atoms with Crippen molar-refractivity contribution in [2.75, 3.05) is 10.6 Å². The van der Waals surface area contributed by atoms with Gasteiger partial charge < -0.3 is 19.7 Å². The summed E-state index contributed by atoms with van der Waals surface area (Å²) in [6.07, 6.45) is 0. The highest BCUT2D eigenvalue weighted by atomic mass is 16.6. The van der Waals surface area contributed by atoms with E-state index in [2.05, 4.69) is 20.9 Å². The second-order valence-corrected chi connectivity index (χ2v) is 8.55. The third-order valence-corrected chi connectivity index (χ3v) is 5.97. The number of aromatic nitrogens is 2. The molecule has 2 N–H and O–H groups in total. The summed E-state index contributed by atoms with van der Waals surface area (Å²) in [6.45, 7) is 3.19. The summed E-state index contributed by atoms with van der Waals surface area (Å²) in [5.74, 6) is -0.631. The van der Waals surface area contributed by atoms with Gasteiger partial charge >= 0.3 is 0 Å². The molecule has 5 rings (SSSR count). The Kier molecular flexibility index (Phi) is 6.70. The fourth-order valence-electron chi connectivity index (χ4n) is 4.12. The highest BCUT2D eigenvalue weighted by Crippen LogP contribution is 2.32. The molecule has 0 atom stereocenters. The Bertz CT molecular complexity index is 1690. The largest absolute Gasteiger partial charge is 0.360 e. The Morgan fingerprint density at radius 1 is 0.744 bits per heavy atom. The van der Waals surface area contributed by atoms with Crippen LogP contribution in [0, 0.1) is 24.0 Å². The first kappa shape index (κ1) is 25.1. The summed E-state index contributed by atoms with van der Waals surface area (Å²) in [5, 5.41) is 25.0. The molecule has 11 nitrogen and oxygen atoms in total. The van der Waals surface area contributed by atoms with Gasteiger partial charge in [-0.25, -0.2) is 0 Å². The Labute approximate surface area is 221 Å². The van der Waals surface area contributed by atoms with Crippen LogP contribution in [0.4, 0.5) is 17.1 Å². The Balaban J connectivity index is 1.45. The van der Waals surface area contributed by atoms with E-state index in [4.69, 9.17) is 9.05 Å². The molecule has 39 heavy (non-hydrogen) atoms. The number of nitro benzene ring substituents is 1. The summed E-state index contributed by atoms with van der Waals surface area (Å²) in [6, 6.07) is 21.9. The zero-order valence-electron chi connectivity index (χ0n) is 20.8. The Morgan fingerprint density at radius 3 is 1.72 bits per heavy atom. The molecule has 0 unspecified atom stereocenters. The van der Waals surface area contributed by atoms with Gasteiger partial charge in [0.15, 0.2) is 0 Å². The smallest absolute Gasteiger partial charge is 0.292 e. The zero-order valence-corrected chi connectivity index (χ0v) is 20.8. The van der Waals surface area contributed by atoms with Gasteiger partial charge in [0.1, 0.15) is 39.7 Å². The van der Waals surface area contributed by atoms with E-state index >= 15 is 0 Å². The summed E-state index contributed by atoms with van der Waals surface area (Å²) < 4.78 is 10.5. The maximum Gasteiger partial charge on any atom is 0.292 e.